The monoisotopic (exact) mass is 356 g/mol. The van der Waals surface area contributed by atoms with E-state index in [2.05, 4.69) is 33.8 Å². The molecule has 2 nitrogen and oxygen atoms in total. The van der Waals surface area contributed by atoms with Gasteiger partial charge in [-0.2, -0.15) is 0 Å². The third kappa shape index (κ3) is 5.05. The van der Waals surface area contributed by atoms with Gasteiger partial charge in [0.05, 0.1) is 0 Å². The molecule has 1 rings (SSSR count). The third-order valence-electron chi connectivity index (χ3n) is 4.53. The molecule has 2 atom stereocenters. The van der Waals surface area contributed by atoms with Gasteiger partial charge < -0.3 is 0 Å². The van der Waals surface area contributed by atoms with Crippen LogP contribution in [-0.4, -0.2) is 47.6 Å². The predicted molar refractivity (Wildman–Crippen MR) is 83.8 cm³/mol. The molecule has 0 aromatic carbocycles. The molecule has 106 valence electrons. The molecule has 1 fully saturated rings. The van der Waals surface area contributed by atoms with Gasteiger partial charge in [0.1, 0.15) is 0 Å². The van der Waals surface area contributed by atoms with Crippen LogP contribution in [-0.2, 0) is 0 Å². The van der Waals surface area contributed by atoms with Crippen molar-refractivity contribution in [2.45, 2.75) is 53.1 Å². The van der Waals surface area contributed by atoms with Crippen LogP contribution >= 0.6 is 0 Å². The Morgan fingerprint density at radius 1 is 1.11 bits per heavy atom. The Balaban J connectivity index is 2.72. The number of hydrogen-bond acceptors (Lipinski definition) is 2. The first-order chi connectivity index (χ1) is 8.64. The van der Waals surface area contributed by atoms with Gasteiger partial charge in [0, 0.05) is 0 Å². The average Bonchev–Trinajstić information content (AvgIpc) is 2.35. The molecule has 0 aliphatic heterocycles. The molecule has 0 radical (unpaired) electrons. The molecule has 3 heteroatoms. The van der Waals surface area contributed by atoms with Crippen molar-refractivity contribution >= 4 is 21.4 Å². The van der Waals surface area contributed by atoms with Crippen LogP contribution in [0.5, 0.6) is 0 Å². The van der Waals surface area contributed by atoms with E-state index >= 15 is 0 Å². The topological polar surface area (TPSA) is 24.1 Å². The van der Waals surface area contributed by atoms with Crippen molar-refractivity contribution in [3.8, 4) is 0 Å². The van der Waals surface area contributed by atoms with E-state index in [0.29, 0.717) is 5.41 Å². The van der Waals surface area contributed by atoms with E-state index < -0.39 is 21.4 Å². The summed E-state index contributed by atoms with van der Waals surface area (Å²) in [5.74, 6) is 0.921. The van der Waals surface area contributed by atoms with Crippen molar-refractivity contribution in [1.82, 2.24) is 10.6 Å². The van der Waals surface area contributed by atoms with E-state index in [1.807, 2.05) is 0 Å². The summed E-state index contributed by atoms with van der Waals surface area (Å²) in [5.41, 5.74) is 0.640. The predicted octanol–water partition coefficient (Wildman–Crippen LogP) is 3.14. The summed E-state index contributed by atoms with van der Waals surface area (Å²) < 4.78 is 6.78. The van der Waals surface area contributed by atoms with Gasteiger partial charge >= 0.3 is 123 Å². The van der Waals surface area contributed by atoms with E-state index in [1.165, 1.54) is 38.8 Å². The molecule has 0 saturated heterocycles. The van der Waals surface area contributed by atoms with Crippen LogP contribution in [0.4, 0.5) is 0 Å². The van der Waals surface area contributed by atoms with Crippen LogP contribution in [0, 0.1) is 11.3 Å². The maximum atomic E-state index is 3.68. The van der Waals surface area contributed by atoms with Gasteiger partial charge in [0.2, 0.25) is 0 Å². The van der Waals surface area contributed by atoms with Crippen molar-refractivity contribution in [3.63, 3.8) is 0 Å². The normalized spacial score (nSPS) is 28.3. The van der Waals surface area contributed by atoms with Crippen molar-refractivity contribution in [2.24, 2.45) is 11.3 Å². The van der Waals surface area contributed by atoms with Crippen LogP contribution in [0.2, 0.25) is 13.5 Å². The van der Waals surface area contributed by atoms with Gasteiger partial charge in [0.15, 0.2) is 0 Å². The standard InChI is InChI=1S/C13H27N2.2CH3.In/c1-4-14-10-12-8-6-7-9-13(12,3)11-15-5-2;;;/h12,14-15H,3-11H2,1-2H3;2*1H3;. The van der Waals surface area contributed by atoms with E-state index in [1.54, 1.807) is 4.18 Å². The molecule has 0 heterocycles. The molecule has 2 unspecified atom stereocenters. The minimum atomic E-state index is -1.16. The first-order valence-electron chi connectivity index (χ1n) is 8.06. The van der Waals surface area contributed by atoms with Crippen molar-refractivity contribution < 1.29 is 0 Å². The molecular formula is C15H33InN2. The van der Waals surface area contributed by atoms with E-state index in [9.17, 15) is 0 Å². The molecule has 18 heavy (non-hydrogen) atoms. The van der Waals surface area contributed by atoms with E-state index in [0.717, 1.165) is 19.0 Å². The SMILES string of the molecule is CCNCC1CCCCC1(CNCC)[CH2][In]([CH3])[CH3]. The second kappa shape index (κ2) is 8.86. The molecule has 0 aromatic heterocycles. The molecule has 0 spiro atoms. The van der Waals surface area contributed by atoms with Gasteiger partial charge in [-0.25, -0.2) is 0 Å². The summed E-state index contributed by atoms with van der Waals surface area (Å²) in [6.07, 6.45) is 5.85. The first-order valence-corrected chi connectivity index (χ1v) is 17.0. The Labute approximate surface area is 122 Å². The van der Waals surface area contributed by atoms with E-state index in [-0.39, 0.29) is 0 Å². The molecule has 1 aliphatic rings. The molecular weight excluding hydrogens is 323 g/mol. The Morgan fingerprint density at radius 2 is 1.83 bits per heavy atom. The fraction of sp³-hybridized carbons (Fsp3) is 1.00. The van der Waals surface area contributed by atoms with Gasteiger partial charge in [0.25, 0.3) is 0 Å². The Bertz CT molecular complexity index is 221. The summed E-state index contributed by atoms with van der Waals surface area (Å²) in [4.78, 5) is 0. The van der Waals surface area contributed by atoms with Gasteiger partial charge in [-0.15, -0.1) is 0 Å². The number of rotatable bonds is 8. The van der Waals surface area contributed by atoms with Crippen molar-refractivity contribution in [3.05, 3.63) is 0 Å². The molecule has 1 saturated carbocycles. The maximum absolute atomic E-state index is 3.68. The van der Waals surface area contributed by atoms with Gasteiger partial charge in [-0.3, -0.25) is 0 Å². The molecule has 0 bridgehead atoms. The quantitative estimate of drug-likeness (QED) is 0.698. The van der Waals surface area contributed by atoms with E-state index in [4.69, 9.17) is 0 Å². The number of hydrogen-bond donors (Lipinski definition) is 2. The Hall–Kier alpha value is 0.790. The van der Waals surface area contributed by atoms with Crippen molar-refractivity contribution in [1.29, 1.82) is 0 Å². The van der Waals surface area contributed by atoms with Crippen LogP contribution in [0.3, 0.4) is 0 Å². The Kier molecular flexibility index (Phi) is 8.29. The third-order valence-corrected chi connectivity index (χ3v) is 9.18. The van der Waals surface area contributed by atoms with Crippen LogP contribution in [0.1, 0.15) is 39.5 Å². The Morgan fingerprint density at radius 3 is 2.44 bits per heavy atom. The molecule has 0 amide bonds. The van der Waals surface area contributed by atoms with Gasteiger partial charge in [-0.1, -0.05) is 0 Å². The summed E-state index contributed by atoms with van der Waals surface area (Å²) in [6, 6.07) is 0. The molecule has 2 N–H and O–H groups in total. The fourth-order valence-corrected chi connectivity index (χ4v) is 10.4. The summed E-state index contributed by atoms with van der Waals surface area (Å²) >= 11 is -1.16. The van der Waals surface area contributed by atoms with Crippen molar-refractivity contribution in [2.75, 3.05) is 26.2 Å². The van der Waals surface area contributed by atoms with Gasteiger partial charge in [-0.05, 0) is 0 Å². The summed E-state index contributed by atoms with van der Waals surface area (Å²) in [6.45, 7) is 9.25. The zero-order chi connectivity index (χ0) is 13.4. The van der Waals surface area contributed by atoms with Crippen LogP contribution < -0.4 is 10.6 Å². The second-order valence-corrected chi connectivity index (χ2v) is 15.6. The van der Waals surface area contributed by atoms with Crippen LogP contribution in [0.15, 0.2) is 0 Å². The summed E-state index contributed by atoms with van der Waals surface area (Å²) in [5, 5.41) is 7.29. The molecule has 0 aromatic rings. The fourth-order valence-electron chi connectivity index (χ4n) is 3.78. The van der Waals surface area contributed by atoms with Crippen LogP contribution in [0.25, 0.3) is 0 Å². The molecule has 1 aliphatic carbocycles. The first kappa shape index (κ1) is 16.8. The second-order valence-electron chi connectivity index (χ2n) is 6.49. The zero-order valence-corrected chi connectivity index (χ0v) is 16.3. The summed E-state index contributed by atoms with van der Waals surface area (Å²) in [7, 11) is 0. The number of nitrogens with one attached hydrogen (secondary N) is 2. The zero-order valence-electron chi connectivity index (χ0n) is 13.0. The minimum absolute atomic E-state index is 0.640. The average molecular weight is 356 g/mol.